The summed E-state index contributed by atoms with van der Waals surface area (Å²) in [7, 11) is 0. The fourth-order valence-corrected chi connectivity index (χ4v) is 1.53. The number of nitro benzene ring substituents is 1. The van der Waals surface area contributed by atoms with Crippen molar-refractivity contribution in [2.24, 2.45) is 5.92 Å². The van der Waals surface area contributed by atoms with E-state index in [9.17, 15) is 14.9 Å². The quantitative estimate of drug-likeness (QED) is 0.613. The Labute approximate surface area is 114 Å². The SMILES string of the molecule is CC(C)C(=O)Cc1nc(-c2ccc([N+](=O)[O-])cc2)no1. The maximum absolute atomic E-state index is 11.6. The Hall–Kier alpha value is -2.57. The van der Waals surface area contributed by atoms with Gasteiger partial charge in [-0.3, -0.25) is 14.9 Å². The van der Waals surface area contributed by atoms with Crippen LogP contribution in [0.3, 0.4) is 0 Å². The molecule has 0 aliphatic rings. The lowest BCUT2D eigenvalue weighted by Gasteiger charge is -1.98. The number of carbonyl (C=O) groups excluding carboxylic acids is 1. The molecule has 0 unspecified atom stereocenters. The number of rotatable bonds is 5. The Bertz CT molecular complexity index is 631. The van der Waals surface area contributed by atoms with Crippen molar-refractivity contribution in [1.82, 2.24) is 10.1 Å². The zero-order valence-electron chi connectivity index (χ0n) is 11.1. The van der Waals surface area contributed by atoms with E-state index in [0.29, 0.717) is 11.4 Å². The van der Waals surface area contributed by atoms with Crippen molar-refractivity contribution in [3.8, 4) is 11.4 Å². The van der Waals surface area contributed by atoms with Gasteiger partial charge in [0, 0.05) is 23.6 Å². The lowest BCUT2D eigenvalue weighted by Crippen LogP contribution is -2.10. The number of Topliss-reactive ketones (excluding diaryl/α,β-unsaturated/α-hetero) is 1. The zero-order valence-corrected chi connectivity index (χ0v) is 11.1. The van der Waals surface area contributed by atoms with E-state index < -0.39 is 4.92 Å². The summed E-state index contributed by atoms with van der Waals surface area (Å²) in [5.41, 5.74) is 0.593. The molecule has 0 aliphatic carbocycles. The molecule has 0 N–H and O–H groups in total. The van der Waals surface area contributed by atoms with E-state index in [0.717, 1.165) is 0 Å². The Morgan fingerprint density at radius 1 is 1.35 bits per heavy atom. The van der Waals surface area contributed by atoms with Gasteiger partial charge in [-0.25, -0.2) is 0 Å². The lowest BCUT2D eigenvalue weighted by molar-refractivity contribution is -0.384. The van der Waals surface area contributed by atoms with Crippen LogP contribution in [0.5, 0.6) is 0 Å². The van der Waals surface area contributed by atoms with Crippen molar-refractivity contribution in [1.29, 1.82) is 0 Å². The van der Waals surface area contributed by atoms with Gasteiger partial charge in [0.1, 0.15) is 5.78 Å². The number of hydrogen-bond donors (Lipinski definition) is 0. The first-order valence-electron chi connectivity index (χ1n) is 6.07. The van der Waals surface area contributed by atoms with Crippen LogP contribution in [0.15, 0.2) is 28.8 Å². The van der Waals surface area contributed by atoms with Gasteiger partial charge in [0.05, 0.1) is 11.3 Å². The first-order valence-corrected chi connectivity index (χ1v) is 6.07. The molecular formula is C13H13N3O4. The van der Waals surface area contributed by atoms with Gasteiger partial charge in [-0.05, 0) is 12.1 Å². The van der Waals surface area contributed by atoms with Crippen molar-refractivity contribution in [2.45, 2.75) is 20.3 Å². The van der Waals surface area contributed by atoms with Crippen molar-refractivity contribution >= 4 is 11.5 Å². The molecule has 0 spiro atoms. The summed E-state index contributed by atoms with van der Waals surface area (Å²) in [6.45, 7) is 3.60. The molecule has 0 saturated heterocycles. The maximum atomic E-state index is 11.6. The molecule has 104 valence electrons. The molecule has 2 rings (SSSR count). The molecule has 1 heterocycles. The van der Waals surface area contributed by atoms with Crippen LogP contribution in [0.25, 0.3) is 11.4 Å². The Balaban J connectivity index is 2.16. The second-order valence-electron chi connectivity index (χ2n) is 4.61. The van der Waals surface area contributed by atoms with Gasteiger partial charge < -0.3 is 4.52 Å². The summed E-state index contributed by atoms with van der Waals surface area (Å²) in [4.78, 5) is 25.8. The number of nitro groups is 1. The average molecular weight is 275 g/mol. The van der Waals surface area contributed by atoms with Gasteiger partial charge in [-0.15, -0.1) is 0 Å². The van der Waals surface area contributed by atoms with E-state index in [1.165, 1.54) is 24.3 Å². The van der Waals surface area contributed by atoms with Crippen molar-refractivity contribution in [3.63, 3.8) is 0 Å². The summed E-state index contributed by atoms with van der Waals surface area (Å²) in [6.07, 6.45) is 0.0949. The van der Waals surface area contributed by atoms with E-state index >= 15 is 0 Å². The highest BCUT2D eigenvalue weighted by Crippen LogP contribution is 2.20. The first kappa shape index (κ1) is 13.9. The van der Waals surface area contributed by atoms with Crippen LogP contribution in [0, 0.1) is 16.0 Å². The van der Waals surface area contributed by atoms with E-state index in [4.69, 9.17) is 4.52 Å². The molecular weight excluding hydrogens is 262 g/mol. The molecule has 20 heavy (non-hydrogen) atoms. The number of non-ortho nitro benzene ring substituents is 1. The van der Waals surface area contributed by atoms with Gasteiger partial charge in [0.15, 0.2) is 0 Å². The van der Waals surface area contributed by atoms with Gasteiger partial charge in [0.25, 0.3) is 5.69 Å². The third kappa shape index (κ3) is 3.05. The van der Waals surface area contributed by atoms with Crippen molar-refractivity contribution < 1.29 is 14.2 Å². The molecule has 1 aromatic heterocycles. The largest absolute Gasteiger partial charge is 0.339 e. The predicted octanol–water partition coefficient (Wildman–Crippen LogP) is 2.41. The highest BCUT2D eigenvalue weighted by atomic mass is 16.6. The fourth-order valence-electron chi connectivity index (χ4n) is 1.53. The summed E-state index contributed by atoms with van der Waals surface area (Å²) in [6, 6.07) is 5.81. The summed E-state index contributed by atoms with van der Waals surface area (Å²) < 4.78 is 5.00. The summed E-state index contributed by atoms with van der Waals surface area (Å²) >= 11 is 0. The summed E-state index contributed by atoms with van der Waals surface area (Å²) in [5.74, 6) is 0.483. The number of ketones is 1. The maximum Gasteiger partial charge on any atom is 0.269 e. The third-order valence-electron chi connectivity index (χ3n) is 2.77. The molecule has 0 bridgehead atoms. The normalized spacial score (nSPS) is 10.8. The number of benzene rings is 1. The highest BCUT2D eigenvalue weighted by Gasteiger charge is 2.15. The van der Waals surface area contributed by atoms with Crippen LogP contribution in [0.1, 0.15) is 19.7 Å². The van der Waals surface area contributed by atoms with Gasteiger partial charge in [-0.1, -0.05) is 19.0 Å². The molecule has 0 fully saturated rings. The average Bonchev–Trinajstić information content (AvgIpc) is 2.87. The molecule has 1 aromatic carbocycles. The molecule has 0 aliphatic heterocycles. The predicted molar refractivity (Wildman–Crippen MR) is 69.9 cm³/mol. The molecule has 0 radical (unpaired) electrons. The van der Waals surface area contributed by atoms with Gasteiger partial charge in [-0.2, -0.15) is 4.98 Å². The minimum atomic E-state index is -0.479. The first-order chi connectivity index (χ1) is 9.47. The minimum absolute atomic E-state index is 0.00699. The van der Waals surface area contributed by atoms with Gasteiger partial charge in [0.2, 0.25) is 11.7 Å². The zero-order chi connectivity index (χ0) is 14.7. The molecule has 7 nitrogen and oxygen atoms in total. The van der Waals surface area contributed by atoms with E-state index in [-0.39, 0.29) is 29.7 Å². The Morgan fingerprint density at radius 2 is 2.00 bits per heavy atom. The highest BCUT2D eigenvalue weighted by molar-refractivity contribution is 5.81. The standard InChI is InChI=1S/C13H13N3O4/c1-8(2)11(17)7-12-14-13(15-20-12)9-3-5-10(6-4-9)16(18)19/h3-6,8H,7H2,1-2H3. The number of hydrogen-bond acceptors (Lipinski definition) is 6. The van der Waals surface area contributed by atoms with Crippen LogP contribution in [-0.2, 0) is 11.2 Å². The number of nitrogens with zero attached hydrogens (tertiary/aromatic N) is 3. The van der Waals surface area contributed by atoms with Crippen molar-refractivity contribution in [2.75, 3.05) is 0 Å². The van der Waals surface area contributed by atoms with Crippen LogP contribution in [0.4, 0.5) is 5.69 Å². The molecule has 0 amide bonds. The van der Waals surface area contributed by atoms with E-state index in [2.05, 4.69) is 10.1 Å². The second kappa shape index (κ2) is 5.60. The molecule has 0 saturated carbocycles. The van der Waals surface area contributed by atoms with E-state index in [1.807, 2.05) is 0 Å². The Kier molecular flexibility index (Phi) is 3.88. The monoisotopic (exact) mass is 275 g/mol. The minimum Gasteiger partial charge on any atom is -0.339 e. The van der Waals surface area contributed by atoms with Crippen molar-refractivity contribution in [3.05, 3.63) is 40.3 Å². The number of aromatic nitrogens is 2. The van der Waals surface area contributed by atoms with E-state index in [1.54, 1.807) is 13.8 Å². The summed E-state index contributed by atoms with van der Waals surface area (Å²) in [5, 5.41) is 14.3. The second-order valence-corrected chi connectivity index (χ2v) is 4.61. The van der Waals surface area contributed by atoms with Crippen LogP contribution in [-0.4, -0.2) is 20.8 Å². The van der Waals surface area contributed by atoms with Gasteiger partial charge >= 0.3 is 0 Å². The van der Waals surface area contributed by atoms with Crippen LogP contribution < -0.4 is 0 Å². The molecule has 7 heteroatoms. The third-order valence-corrected chi connectivity index (χ3v) is 2.77. The molecule has 2 aromatic rings. The molecule has 0 atom stereocenters. The smallest absolute Gasteiger partial charge is 0.269 e. The topological polar surface area (TPSA) is 99.1 Å². The van der Waals surface area contributed by atoms with Crippen LogP contribution >= 0.6 is 0 Å². The fraction of sp³-hybridized carbons (Fsp3) is 0.308. The Morgan fingerprint density at radius 3 is 2.55 bits per heavy atom. The number of carbonyl (C=O) groups is 1. The van der Waals surface area contributed by atoms with Crippen LogP contribution in [0.2, 0.25) is 0 Å². The lowest BCUT2D eigenvalue weighted by atomic mass is 10.1.